The van der Waals surface area contributed by atoms with Crippen LogP contribution in [0.3, 0.4) is 0 Å². The Kier molecular flexibility index (Phi) is 7.00. The Morgan fingerprint density at radius 3 is 2.81 bits per heavy atom. The minimum absolute atomic E-state index is 0.0702. The molecule has 0 radical (unpaired) electrons. The number of hydrogen-bond acceptors (Lipinski definition) is 4. The normalized spacial score (nSPS) is 21.9. The number of ether oxygens (including phenoxy) is 2. The molecule has 1 aromatic rings. The molecule has 0 saturated carbocycles. The predicted molar refractivity (Wildman–Crippen MR) is 103 cm³/mol. The molecule has 2 fully saturated rings. The van der Waals surface area contributed by atoms with E-state index in [1.807, 2.05) is 4.90 Å². The van der Waals surface area contributed by atoms with Gasteiger partial charge in [0.25, 0.3) is 0 Å². The third kappa shape index (κ3) is 5.25. The van der Waals surface area contributed by atoms with Crippen LogP contribution < -0.4 is 10.1 Å². The zero-order valence-electron chi connectivity index (χ0n) is 15.4. The van der Waals surface area contributed by atoms with Gasteiger partial charge in [0.15, 0.2) is 0 Å². The fraction of sp³-hybridized carbons (Fsp3) is 0.632. The second-order valence-electron chi connectivity index (χ2n) is 6.93. The summed E-state index contributed by atoms with van der Waals surface area (Å²) in [7, 11) is 1.57. The second-order valence-corrected chi connectivity index (χ2v) is 7.34. The molecule has 0 aromatic heterocycles. The molecule has 1 atom stereocenters. The summed E-state index contributed by atoms with van der Waals surface area (Å²) in [5.74, 6) is 0.592. The van der Waals surface area contributed by atoms with E-state index >= 15 is 0 Å². The maximum Gasteiger partial charge on any atom is 0.321 e. The lowest BCUT2D eigenvalue weighted by Gasteiger charge is -2.31. The van der Waals surface area contributed by atoms with E-state index in [0.29, 0.717) is 36.2 Å². The van der Waals surface area contributed by atoms with Crippen LogP contribution in [0.4, 0.5) is 10.5 Å². The van der Waals surface area contributed by atoms with Crippen LogP contribution in [-0.2, 0) is 4.74 Å². The van der Waals surface area contributed by atoms with E-state index < -0.39 is 0 Å². The number of halogens is 1. The van der Waals surface area contributed by atoms with Crippen LogP contribution in [0.2, 0.25) is 5.02 Å². The van der Waals surface area contributed by atoms with Crippen LogP contribution in [0.15, 0.2) is 18.2 Å². The highest BCUT2D eigenvalue weighted by molar-refractivity contribution is 6.32. The molecule has 144 valence electrons. The van der Waals surface area contributed by atoms with Crippen LogP contribution >= 0.6 is 11.6 Å². The first-order valence-electron chi connectivity index (χ1n) is 9.39. The minimum atomic E-state index is -0.111. The van der Waals surface area contributed by atoms with Gasteiger partial charge >= 0.3 is 6.03 Å². The maximum atomic E-state index is 12.7. The van der Waals surface area contributed by atoms with Crippen molar-refractivity contribution >= 4 is 23.3 Å². The molecule has 1 N–H and O–H groups in total. The number of nitrogens with zero attached hydrogens (tertiary/aromatic N) is 2. The van der Waals surface area contributed by atoms with Crippen molar-refractivity contribution in [2.75, 3.05) is 51.8 Å². The fourth-order valence-electron chi connectivity index (χ4n) is 3.57. The molecule has 2 aliphatic heterocycles. The van der Waals surface area contributed by atoms with E-state index in [9.17, 15) is 4.79 Å². The average molecular weight is 382 g/mol. The number of nitrogens with one attached hydrogen (secondary N) is 1. The Labute approximate surface area is 160 Å². The van der Waals surface area contributed by atoms with Crippen LogP contribution in [0, 0.1) is 0 Å². The van der Waals surface area contributed by atoms with Crippen LogP contribution in [0.1, 0.15) is 25.7 Å². The number of likely N-dealkylation sites (tertiary alicyclic amines) is 1. The zero-order valence-corrected chi connectivity index (χ0v) is 16.1. The van der Waals surface area contributed by atoms with Crippen molar-refractivity contribution in [1.29, 1.82) is 0 Å². The topological polar surface area (TPSA) is 54.0 Å². The smallest absolute Gasteiger partial charge is 0.321 e. The van der Waals surface area contributed by atoms with Crippen LogP contribution in [-0.4, -0.2) is 68.4 Å². The summed E-state index contributed by atoms with van der Waals surface area (Å²) in [6.07, 6.45) is 4.76. The molecule has 2 amide bonds. The fourth-order valence-corrected chi connectivity index (χ4v) is 3.82. The van der Waals surface area contributed by atoms with Gasteiger partial charge in [0.05, 0.1) is 18.2 Å². The van der Waals surface area contributed by atoms with Gasteiger partial charge in [-0.3, -0.25) is 0 Å². The number of anilines is 1. The lowest BCUT2D eigenvalue weighted by molar-refractivity contribution is 0.0261. The van der Waals surface area contributed by atoms with Gasteiger partial charge in [0, 0.05) is 31.9 Å². The van der Waals surface area contributed by atoms with Crippen molar-refractivity contribution in [3.8, 4) is 5.75 Å². The average Bonchev–Trinajstić information content (AvgIpc) is 2.88. The van der Waals surface area contributed by atoms with Gasteiger partial charge in [-0.05, 0) is 50.6 Å². The Morgan fingerprint density at radius 1 is 1.27 bits per heavy atom. The summed E-state index contributed by atoms with van der Waals surface area (Å²) in [5, 5.41) is 3.41. The van der Waals surface area contributed by atoms with Gasteiger partial charge in [0.2, 0.25) is 0 Å². The summed E-state index contributed by atoms with van der Waals surface area (Å²) >= 11 is 6.14. The molecule has 1 aromatic carbocycles. The van der Waals surface area contributed by atoms with Gasteiger partial charge in [-0.1, -0.05) is 18.0 Å². The van der Waals surface area contributed by atoms with Crippen molar-refractivity contribution in [3.05, 3.63) is 23.2 Å². The Bertz CT molecular complexity index is 608. The van der Waals surface area contributed by atoms with Gasteiger partial charge in [-0.15, -0.1) is 0 Å². The molecular weight excluding hydrogens is 354 g/mol. The lowest BCUT2D eigenvalue weighted by atomic mass is 10.1. The van der Waals surface area contributed by atoms with E-state index in [-0.39, 0.29) is 12.1 Å². The van der Waals surface area contributed by atoms with Crippen LogP contribution in [0.25, 0.3) is 0 Å². The van der Waals surface area contributed by atoms with E-state index in [4.69, 9.17) is 21.1 Å². The van der Waals surface area contributed by atoms with Crippen molar-refractivity contribution in [3.63, 3.8) is 0 Å². The minimum Gasteiger partial charge on any atom is -0.495 e. The van der Waals surface area contributed by atoms with E-state index in [1.54, 1.807) is 25.3 Å². The van der Waals surface area contributed by atoms with Gasteiger partial charge in [-0.25, -0.2) is 4.79 Å². The molecule has 1 unspecified atom stereocenters. The zero-order chi connectivity index (χ0) is 18.4. The van der Waals surface area contributed by atoms with Crippen molar-refractivity contribution < 1.29 is 14.3 Å². The SMILES string of the molecule is COc1ccc(NC(=O)N2CCCOC(CN3CCCCC3)C2)cc1Cl. The molecule has 0 aliphatic carbocycles. The van der Waals surface area contributed by atoms with Crippen LogP contribution in [0.5, 0.6) is 5.75 Å². The summed E-state index contributed by atoms with van der Waals surface area (Å²) in [5.41, 5.74) is 0.665. The number of methoxy groups -OCH3 is 1. The van der Waals surface area contributed by atoms with Gasteiger partial charge in [-0.2, -0.15) is 0 Å². The number of amides is 2. The third-order valence-electron chi connectivity index (χ3n) is 4.95. The van der Waals surface area contributed by atoms with E-state index in [2.05, 4.69) is 10.2 Å². The first-order chi connectivity index (χ1) is 12.7. The number of carbonyl (C=O) groups is 1. The molecular formula is C19H28ClN3O3. The molecule has 26 heavy (non-hydrogen) atoms. The first-order valence-corrected chi connectivity index (χ1v) is 9.77. The van der Waals surface area contributed by atoms with E-state index in [1.165, 1.54) is 19.3 Å². The standard InChI is InChI=1S/C19H28ClN3O3/c1-25-18-7-6-15(12-17(18)20)21-19(24)23-10-5-11-26-16(14-23)13-22-8-3-2-4-9-22/h6-7,12,16H,2-5,8-11,13-14H2,1H3,(H,21,24). The number of rotatable bonds is 4. The summed E-state index contributed by atoms with van der Waals surface area (Å²) in [4.78, 5) is 17.0. The van der Waals surface area contributed by atoms with Gasteiger partial charge in [0.1, 0.15) is 5.75 Å². The number of urea groups is 1. The van der Waals surface area contributed by atoms with Gasteiger partial charge < -0.3 is 24.6 Å². The highest BCUT2D eigenvalue weighted by Gasteiger charge is 2.25. The Morgan fingerprint density at radius 2 is 2.08 bits per heavy atom. The quantitative estimate of drug-likeness (QED) is 0.867. The Balaban J connectivity index is 1.57. The first kappa shape index (κ1) is 19.3. The molecule has 2 heterocycles. The van der Waals surface area contributed by atoms with Crippen molar-refractivity contribution in [2.24, 2.45) is 0 Å². The van der Waals surface area contributed by atoms with Crippen molar-refractivity contribution in [1.82, 2.24) is 9.80 Å². The molecule has 0 spiro atoms. The molecule has 3 rings (SSSR count). The lowest BCUT2D eigenvalue weighted by Crippen LogP contribution is -2.45. The second kappa shape index (κ2) is 9.44. The number of benzene rings is 1. The molecule has 7 heteroatoms. The monoisotopic (exact) mass is 381 g/mol. The summed E-state index contributed by atoms with van der Waals surface area (Å²) < 4.78 is 11.1. The Hall–Kier alpha value is -1.50. The predicted octanol–water partition coefficient (Wildman–Crippen LogP) is 3.46. The van der Waals surface area contributed by atoms with Crippen molar-refractivity contribution in [2.45, 2.75) is 31.8 Å². The summed E-state index contributed by atoms with van der Waals surface area (Å²) in [6, 6.07) is 5.14. The highest BCUT2D eigenvalue weighted by atomic mass is 35.5. The number of hydrogen-bond donors (Lipinski definition) is 1. The molecule has 6 nitrogen and oxygen atoms in total. The number of piperidine rings is 1. The molecule has 2 aliphatic rings. The molecule has 2 saturated heterocycles. The largest absolute Gasteiger partial charge is 0.495 e. The maximum absolute atomic E-state index is 12.7. The third-order valence-corrected chi connectivity index (χ3v) is 5.25. The molecule has 0 bridgehead atoms. The highest BCUT2D eigenvalue weighted by Crippen LogP contribution is 2.27. The van der Waals surface area contributed by atoms with E-state index in [0.717, 1.165) is 26.1 Å². The summed E-state index contributed by atoms with van der Waals surface area (Å²) in [6.45, 7) is 5.19. The number of carbonyl (C=O) groups excluding carboxylic acids is 1.